The third kappa shape index (κ3) is 3.20. The molecule has 7 nitrogen and oxygen atoms in total. The molecule has 1 saturated heterocycles. The highest BCUT2D eigenvalue weighted by molar-refractivity contribution is 5.63. The Morgan fingerprint density at radius 2 is 2.14 bits per heavy atom. The number of nitrogens with one attached hydrogen (secondary N) is 2. The maximum atomic E-state index is 5.54. The summed E-state index contributed by atoms with van der Waals surface area (Å²) in [7, 11) is 1.70. The van der Waals surface area contributed by atoms with Gasteiger partial charge in [0.15, 0.2) is 5.65 Å². The zero-order chi connectivity index (χ0) is 19.1. The molecule has 0 aromatic carbocycles. The maximum Gasteiger partial charge on any atom is 0.157 e. The number of rotatable bonds is 5. The molecule has 3 aromatic rings. The molecule has 0 amide bonds. The van der Waals surface area contributed by atoms with E-state index in [9.17, 15) is 0 Å². The van der Waals surface area contributed by atoms with Crippen LogP contribution in [0.25, 0.3) is 17.0 Å². The van der Waals surface area contributed by atoms with E-state index in [1.54, 1.807) is 7.11 Å². The molecule has 2 fully saturated rings. The third-order valence-corrected chi connectivity index (χ3v) is 5.67. The number of methoxy groups -OCH3 is 1. The molecular formula is C21H26N6O. The number of fused-ring (bicyclic) bond motifs is 1. The van der Waals surface area contributed by atoms with E-state index < -0.39 is 0 Å². The molecule has 2 aliphatic rings. The van der Waals surface area contributed by atoms with Crippen molar-refractivity contribution in [3.8, 4) is 17.1 Å². The number of imidazole rings is 1. The molecule has 28 heavy (non-hydrogen) atoms. The summed E-state index contributed by atoms with van der Waals surface area (Å²) >= 11 is 0. The summed E-state index contributed by atoms with van der Waals surface area (Å²) in [6.45, 7) is 4.18. The molecule has 0 radical (unpaired) electrons. The summed E-state index contributed by atoms with van der Waals surface area (Å²) in [6.07, 6.45) is 6.55. The van der Waals surface area contributed by atoms with Gasteiger partial charge in [0, 0.05) is 24.6 Å². The first-order chi connectivity index (χ1) is 13.7. The van der Waals surface area contributed by atoms with Crippen LogP contribution < -0.4 is 15.4 Å². The topological polar surface area (TPSA) is 76.4 Å². The van der Waals surface area contributed by atoms with Gasteiger partial charge in [-0.2, -0.15) is 5.10 Å². The van der Waals surface area contributed by atoms with Crippen LogP contribution in [0.3, 0.4) is 0 Å². The first-order valence-corrected chi connectivity index (χ1v) is 10.1. The molecule has 1 aliphatic carbocycles. The normalized spacial score (nSPS) is 19.7. The second-order valence-corrected chi connectivity index (χ2v) is 7.84. The average Bonchev–Trinajstić information content (AvgIpc) is 3.49. The van der Waals surface area contributed by atoms with E-state index in [0.717, 1.165) is 52.9 Å². The van der Waals surface area contributed by atoms with Gasteiger partial charge in [-0.1, -0.05) is 6.07 Å². The Labute approximate surface area is 164 Å². The maximum absolute atomic E-state index is 5.54. The van der Waals surface area contributed by atoms with E-state index in [0.29, 0.717) is 12.0 Å². The lowest BCUT2D eigenvalue weighted by atomic mass is 10.1. The molecule has 146 valence electrons. The van der Waals surface area contributed by atoms with E-state index in [4.69, 9.17) is 14.8 Å². The van der Waals surface area contributed by atoms with Crippen molar-refractivity contribution in [2.45, 2.75) is 44.6 Å². The Kier molecular flexibility index (Phi) is 4.39. The van der Waals surface area contributed by atoms with Crippen LogP contribution in [-0.4, -0.2) is 45.8 Å². The van der Waals surface area contributed by atoms with Crippen LogP contribution in [0.5, 0.6) is 5.75 Å². The van der Waals surface area contributed by atoms with Crippen molar-refractivity contribution in [2.24, 2.45) is 0 Å². The summed E-state index contributed by atoms with van der Waals surface area (Å²) in [5.41, 5.74) is 4.74. The highest BCUT2D eigenvalue weighted by Gasteiger charge is 2.29. The summed E-state index contributed by atoms with van der Waals surface area (Å²) < 4.78 is 7.44. The molecule has 1 atom stereocenters. The second-order valence-electron chi connectivity index (χ2n) is 7.84. The highest BCUT2D eigenvalue weighted by atomic mass is 16.5. The fourth-order valence-corrected chi connectivity index (χ4v) is 3.88. The van der Waals surface area contributed by atoms with Gasteiger partial charge in [0.25, 0.3) is 0 Å². The van der Waals surface area contributed by atoms with Crippen LogP contribution >= 0.6 is 0 Å². The molecule has 0 bridgehead atoms. The van der Waals surface area contributed by atoms with Crippen LogP contribution in [0.4, 0.5) is 5.82 Å². The predicted molar refractivity (Wildman–Crippen MR) is 109 cm³/mol. The summed E-state index contributed by atoms with van der Waals surface area (Å²) in [6, 6.07) is 6.56. The number of nitrogens with zero attached hydrogens (tertiary/aromatic N) is 4. The monoisotopic (exact) mass is 378 g/mol. The quantitative estimate of drug-likeness (QED) is 0.710. The molecule has 1 aliphatic heterocycles. The van der Waals surface area contributed by atoms with Crippen molar-refractivity contribution in [1.29, 1.82) is 0 Å². The number of piperidine rings is 1. The third-order valence-electron chi connectivity index (χ3n) is 5.67. The highest BCUT2D eigenvalue weighted by Crippen LogP contribution is 2.43. The molecule has 5 rings (SSSR count). The summed E-state index contributed by atoms with van der Waals surface area (Å²) in [4.78, 5) is 9.46. The van der Waals surface area contributed by atoms with Crippen LogP contribution in [-0.2, 0) is 0 Å². The lowest BCUT2D eigenvalue weighted by Gasteiger charge is -2.25. The zero-order valence-electron chi connectivity index (χ0n) is 16.4. The SMILES string of the molecule is COc1cc2ncc(-c3ccc(C)c(NC4CCCNC4)n3)n2nc1C1CC1. The van der Waals surface area contributed by atoms with Crippen molar-refractivity contribution < 1.29 is 4.74 Å². The minimum absolute atomic E-state index is 0.418. The molecule has 1 unspecified atom stereocenters. The number of anilines is 1. The Bertz CT molecular complexity index is 1000. The number of aryl methyl sites for hydroxylation is 1. The first-order valence-electron chi connectivity index (χ1n) is 10.1. The number of hydrogen-bond donors (Lipinski definition) is 2. The smallest absolute Gasteiger partial charge is 0.157 e. The molecule has 2 N–H and O–H groups in total. The van der Waals surface area contributed by atoms with Crippen LogP contribution in [0.2, 0.25) is 0 Å². The molecule has 1 saturated carbocycles. The summed E-state index contributed by atoms with van der Waals surface area (Å²) in [5, 5.41) is 11.9. The Morgan fingerprint density at radius 3 is 2.89 bits per heavy atom. The Morgan fingerprint density at radius 1 is 1.25 bits per heavy atom. The first kappa shape index (κ1) is 17.4. The van der Waals surface area contributed by atoms with Gasteiger partial charge in [-0.05, 0) is 50.8 Å². The van der Waals surface area contributed by atoms with Gasteiger partial charge in [-0.25, -0.2) is 14.5 Å². The molecule has 0 spiro atoms. The van der Waals surface area contributed by atoms with Gasteiger partial charge in [0.1, 0.15) is 23.0 Å². The second kappa shape index (κ2) is 7.05. The fourth-order valence-electron chi connectivity index (χ4n) is 3.88. The predicted octanol–water partition coefficient (Wildman–Crippen LogP) is 3.15. The van der Waals surface area contributed by atoms with Crippen LogP contribution in [0, 0.1) is 6.92 Å². The van der Waals surface area contributed by atoms with Gasteiger partial charge < -0.3 is 15.4 Å². The average molecular weight is 378 g/mol. The van der Waals surface area contributed by atoms with Gasteiger partial charge >= 0.3 is 0 Å². The minimum atomic E-state index is 0.418. The van der Waals surface area contributed by atoms with Crippen molar-refractivity contribution in [1.82, 2.24) is 24.9 Å². The van der Waals surface area contributed by atoms with E-state index in [1.807, 2.05) is 22.8 Å². The number of hydrogen-bond acceptors (Lipinski definition) is 6. The van der Waals surface area contributed by atoms with Gasteiger partial charge in [0.2, 0.25) is 0 Å². The number of ether oxygens (including phenoxy) is 1. The van der Waals surface area contributed by atoms with Gasteiger partial charge in [-0.15, -0.1) is 0 Å². The fraction of sp³-hybridized carbons (Fsp3) is 0.476. The van der Waals surface area contributed by atoms with E-state index in [-0.39, 0.29) is 0 Å². The van der Waals surface area contributed by atoms with Gasteiger partial charge in [-0.3, -0.25) is 0 Å². The van der Waals surface area contributed by atoms with Crippen molar-refractivity contribution >= 4 is 11.5 Å². The largest absolute Gasteiger partial charge is 0.495 e. The van der Waals surface area contributed by atoms with E-state index in [2.05, 4.69) is 28.6 Å². The van der Waals surface area contributed by atoms with E-state index >= 15 is 0 Å². The lowest BCUT2D eigenvalue weighted by molar-refractivity contribution is 0.405. The van der Waals surface area contributed by atoms with E-state index in [1.165, 1.54) is 25.7 Å². The Balaban J connectivity index is 1.52. The van der Waals surface area contributed by atoms with Crippen LogP contribution in [0.15, 0.2) is 24.4 Å². The number of pyridine rings is 1. The van der Waals surface area contributed by atoms with Crippen molar-refractivity contribution in [2.75, 3.05) is 25.5 Å². The van der Waals surface area contributed by atoms with Crippen LogP contribution in [0.1, 0.15) is 42.9 Å². The van der Waals surface area contributed by atoms with Crippen molar-refractivity contribution in [3.05, 3.63) is 35.7 Å². The number of aromatic nitrogens is 4. The zero-order valence-corrected chi connectivity index (χ0v) is 16.4. The minimum Gasteiger partial charge on any atom is -0.495 e. The lowest BCUT2D eigenvalue weighted by Crippen LogP contribution is -2.38. The van der Waals surface area contributed by atoms with Gasteiger partial charge in [0.05, 0.1) is 19.0 Å². The van der Waals surface area contributed by atoms with Crippen molar-refractivity contribution in [3.63, 3.8) is 0 Å². The summed E-state index contributed by atoms with van der Waals surface area (Å²) in [5.74, 6) is 2.27. The molecule has 4 heterocycles. The Hall–Kier alpha value is -2.67. The molecule has 7 heteroatoms. The standard InChI is InChI=1S/C21H26N6O/c1-13-5-8-16(25-21(13)24-15-4-3-9-22-11-15)17-12-23-19-10-18(28-2)20(14-6-7-14)26-27(17)19/h5,8,10,12,14-15,22H,3-4,6-7,9,11H2,1-2H3,(H,24,25). The molecular weight excluding hydrogens is 352 g/mol. The molecule has 3 aromatic heterocycles.